The van der Waals surface area contributed by atoms with Crippen molar-refractivity contribution in [3.05, 3.63) is 76.8 Å². The highest BCUT2D eigenvalue weighted by Crippen LogP contribution is 2.29. The molecular weight excluding hydrogens is 430 g/mol. The molecule has 0 atom stereocenters. The minimum atomic E-state index is -0.164. The Bertz CT molecular complexity index is 1370. The molecule has 4 rings (SSSR count). The lowest BCUT2D eigenvalue weighted by Crippen LogP contribution is -2.29. The lowest BCUT2D eigenvalue weighted by atomic mass is 10.0. The van der Waals surface area contributed by atoms with Crippen LogP contribution in [0.5, 0.6) is 11.5 Å². The first kappa shape index (κ1) is 23.3. The predicted octanol–water partition coefficient (Wildman–Crippen LogP) is 4.05. The first-order valence-electron chi connectivity index (χ1n) is 11.3. The number of aryl methyl sites for hydroxylation is 1. The maximum atomic E-state index is 12.9. The first-order chi connectivity index (χ1) is 16.5. The molecule has 1 aromatic heterocycles. The highest BCUT2D eigenvalue weighted by atomic mass is 16.5. The Morgan fingerprint density at radius 1 is 1.00 bits per heavy atom. The standard InChI is InChI=1S/C27H29N3O4/c1-29(15-13-20-10-6-9-19-8-4-5-11-21(19)20)26(31)12-7-14-30-18-28-23-17-25(34-3)24(33-2)16-22(23)27(30)32/h4-6,8-11,16-18H,7,12-15H2,1-3H3. The molecule has 1 amide bonds. The largest absolute Gasteiger partial charge is 0.493 e. The molecule has 0 radical (unpaired) electrons. The van der Waals surface area contributed by atoms with E-state index < -0.39 is 0 Å². The fourth-order valence-electron chi connectivity index (χ4n) is 4.16. The third-order valence-electron chi connectivity index (χ3n) is 6.14. The molecular formula is C27H29N3O4. The van der Waals surface area contributed by atoms with Gasteiger partial charge in [-0.25, -0.2) is 4.98 Å². The van der Waals surface area contributed by atoms with Crippen molar-refractivity contribution in [2.45, 2.75) is 25.8 Å². The fraction of sp³-hybridized carbons (Fsp3) is 0.296. The Morgan fingerprint density at radius 2 is 1.74 bits per heavy atom. The summed E-state index contributed by atoms with van der Waals surface area (Å²) < 4.78 is 12.1. The van der Waals surface area contributed by atoms with Gasteiger partial charge in [-0.2, -0.15) is 0 Å². The zero-order chi connectivity index (χ0) is 24.1. The van der Waals surface area contributed by atoms with Crippen molar-refractivity contribution in [2.75, 3.05) is 27.8 Å². The second kappa shape index (κ2) is 10.4. The van der Waals surface area contributed by atoms with E-state index in [4.69, 9.17) is 9.47 Å². The number of carbonyl (C=O) groups excluding carboxylic acids is 1. The lowest BCUT2D eigenvalue weighted by Gasteiger charge is -2.18. The summed E-state index contributed by atoms with van der Waals surface area (Å²) in [6.07, 6.45) is 3.23. The van der Waals surface area contributed by atoms with Crippen LogP contribution in [0.15, 0.2) is 65.7 Å². The summed E-state index contributed by atoms with van der Waals surface area (Å²) in [5.41, 5.74) is 1.62. The molecule has 0 aliphatic carbocycles. The zero-order valence-electron chi connectivity index (χ0n) is 19.8. The van der Waals surface area contributed by atoms with Crippen LogP contribution in [0.3, 0.4) is 0 Å². The molecule has 4 aromatic rings. The van der Waals surface area contributed by atoms with Crippen molar-refractivity contribution < 1.29 is 14.3 Å². The molecule has 1 heterocycles. The molecule has 0 saturated carbocycles. The van der Waals surface area contributed by atoms with Crippen molar-refractivity contribution >= 4 is 27.6 Å². The number of hydrogen-bond acceptors (Lipinski definition) is 5. The average molecular weight is 460 g/mol. The number of hydrogen-bond donors (Lipinski definition) is 0. The van der Waals surface area contributed by atoms with E-state index in [9.17, 15) is 9.59 Å². The minimum Gasteiger partial charge on any atom is -0.493 e. The van der Waals surface area contributed by atoms with E-state index in [1.807, 2.05) is 19.2 Å². The summed E-state index contributed by atoms with van der Waals surface area (Å²) in [5.74, 6) is 1.07. The van der Waals surface area contributed by atoms with Gasteiger partial charge in [0, 0.05) is 32.6 Å². The minimum absolute atomic E-state index is 0.0634. The van der Waals surface area contributed by atoms with Gasteiger partial charge in [0.1, 0.15) is 0 Å². The van der Waals surface area contributed by atoms with Gasteiger partial charge in [0.15, 0.2) is 11.5 Å². The molecule has 0 fully saturated rings. The van der Waals surface area contributed by atoms with Crippen LogP contribution < -0.4 is 15.0 Å². The van der Waals surface area contributed by atoms with Gasteiger partial charge >= 0.3 is 0 Å². The van der Waals surface area contributed by atoms with Gasteiger partial charge in [-0.05, 0) is 35.2 Å². The van der Waals surface area contributed by atoms with Gasteiger partial charge in [0.05, 0.1) is 31.4 Å². The normalized spacial score (nSPS) is 11.0. The molecule has 0 unspecified atom stereocenters. The second-order valence-corrected chi connectivity index (χ2v) is 8.27. The number of rotatable bonds is 9. The summed E-state index contributed by atoms with van der Waals surface area (Å²) in [6.45, 7) is 1.06. The number of fused-ring (bicyclic) bond motifs is 2. The average Bonchev–Trinajstić information content (AvgIpc) is 2.87. The molecule has 7 nitrogen and oxygen atoms in total. The van der Waals surface area contributed by atoms with E-state index in [2.05, 4.69) is 35.3 Å². The number of carbonyl (C=O) groups is 1. The molecule has 0 spiro atoms. The van der Waals surface area contributed by atoms with Crippen LogP contribution in [-0.2, 0) is 17.8 Å². The maximum absolute atomic E-state index is 12.9. The molecule has 3 aromatic carbocycles. The molecule has 0 bridgehead atoms. The number of nitrogens with zero attached hydrogens (tertiary/aromatic N) is 3. The molecule has 7 heteroatoms. The Labute approximate surface area is 198 Å². The van der Waals surface area contributed by atoms with Crippen LogP contribution in [0.2, 0.25) is 0 Å². The van der Waals surface area contributed by atoms with Crippen molar-refractivity contribution in [3.63, 3.8) is 0 Å². The summed E-state index contributed by atoms with van der Waals surface area (Å²) in [7, 11) is 4.90. The van der Waals surface area contributed by atoms with E-state index in [1.165, 1.54) is 34.3 Å². The van der Waals surface area contributed by atoms with E-state index in [-0.39, 0.29) is 11.5 Å². The summed E-state index contributed by atoms with van der Waals surface area (Å²) in [5, 5.41) is 2.89. The molecule has 0 aliphatic heterocycles. The highest BCUT2D eigenvalue weighted by Gasteiger charge is 2.13. The molecule has 176 valence electrons. The SMILES string of the molecule is COc1cc2ncn(CCCC(=O)N(C)CCc3cccc4ccccc34)c(=O)c2cc1OC. The predicted molar refractivity (Wildman–Crippen MR) is 134 cm³/mol. The van der Waals surface area contributed by atoms with Gasteiger partial charge < -0.3 is 14.4 Å². The van der Waals surface area contributed by atoms with Crippen molar-refractivity contribution in [1.82, 2.24) is 14.5 Å². The van der Waals surface area contributed by atoms with Crippen LogP contribution in [-0.4, -0.2) is 48.2 Å². The Morgan fingerprint density at radius 3 is 2.53 bits per heavy atom. The van der Waals surface area contributed by atoms with Gasteiger partial charge in [-0.1, -0.05) is 42.5 Å². The van der Waals surface area contributed by atoms with Crippen molar-refractivity contribution in [1.29, 1.82) is 0 Å². The van der Waals surface area contributed by atoms with Gasteiger partial charge in [0.2, 0.25) is 5.91 Å². The maximum Gasteiger partial charge on any atom is 0.261 e. The second-order valence-electron chi connectivity index (χ2n) is 8.27. The Balaban J connectivity index is 1.35. The van der Waals surface area contributed by atoms with Crippen LogP contribution in [0, 0.1) is 0 Å². The quantitative estimate of drug-likeness (QED) is 0.378. The third-order valence-corrected chi connectivity index (χ3v) is 6.14. The molecule has 0 aliphatic rings. The zero-order valence-corrected chi connectivity index (χ0v) is 19.8. The van der Waals surface area contributed by atoms with E-state index in [0.717, 1.165) is 6.42 Å². The number of amides is 1. The third kappa shape index (κ3) is 4.88. The van der Waals surface area contributed by atoms with Crippen LogP contribution in [0.1, 0.15) is 18.4 Å². The lowest BCUT2D eigenvalue weighted by molar-refractivity contribution is -0.130. The fourth-order valence-corrected chi connectivity index (χ4v) is 4.16. The number of aromatic nitrogens is 2. The topological polar surface area (TPSA) is 73.7 Å². The van der Waals surface area contributed by atoms with Crippen LogP contribution in [0.25, 0.3) is 21.7 Å². The van der Waals surface area contributed by atoms with E-state index in [1.54, 1.807) is 24.1 Å². The van der Waals surface area contributed by atoms with Crippen molar-refractivity contribution in [2.24, 2.45) is 0 Å². The number of methoxy groups -OCH3 is 2. The van der Waals surface area contributed by atoms with Crippen LogP contribution in [0.4, 0.5) is 0 Å². The van der Waals surface area contributed by atoms with E-state index in [0.29, 0.717) is 48.3 Å². The number of ether oxygens (including phenoxy) is 2. The summed E-state index contributed by atoms with van der Waals surface area (Å²) >= 11 is 0. The van der Waals surface area contributed by atoms with Gasteiger partial charge in [-0.15, -0.1) is 0 Å². The number of likely N-dealkylation sites (N-methyl/N-ethyl adjacent to an activating group) is 1. The van der Waals surface area contributed by atoms with Crippen molar-refractivity contribution in [3.8, 4) is 11.5 Å². The monoisotopic (exact) mass is 459 g/mol. The highest BCUT2D eigenvalue weighted by molar-refractivity contribution is 5.85. The Kier molecular flexibility index (Phi) is 7.11. The summed E-state index contributed by atoms with van der Waals surface area (Å²) in [4.78, 5) is 31.7. The van der Waals surface area contributed by atoms with Gasteiger partial charge in [-0.3, -0.25) is 14.2 Å². The van der Waals surface area contributed by atoms with E-state index >= 15 is 0 Å². The van der Waals surface area contributed by atoms with Gasteiger partial charge in [0.25, 0.3) is 5.56 Å². The molecule has 0 N–H and O–H groups in total. The number of benzene rings is 3. The molecule has 34 heavy (non-hydrogen) atoms. The smallest absolute Gasteiger partial charge is 0.261 e. The Hall–Kier alpha value is -3.87. The van der Waals surface area contributed by atoms with Crippen LogP contribution >= 0.6 is 0 Å². The molecule has 0 saturated heterocycles. The summed E-state index contributed by atoms with van der Waals surface area (Å²) in [6, 6.07) is 17.9. The first-order valence-corrected chi connectivity index (χ1v) is 11.3.